The normalized spacial score (nSPS) is 15.1. The molecule has 6 heteroatoms. The van der Waals surface area contributed by atoms with Crippen molar-refractivity contribution in [2.45, 2.75) is 25.4 Å². The number of hydrogen-bond donors (Lipinski definition) is 0. The SMILES string of the molecule is O=C(OCC(=O)N(Cc1ccccc1F)C1CC1)C1=Cc2ccccc2OC1. The topological polar surface area (TPSA) is 55.8 Å². The molecule has 5 nitrogen and oxygen atoms in total. The van der Waals surface area contributed by atoms with E-state index in [1.165, 1.54) is 6.07 Å². The first-order chi connectivity index (χ1) is 13.6. The Morgan fingerprint density at radius 3 is 2.64 bits per heavy atom. The molecule has 0 atom stereocenters. The van der Waals surface area contributed by atoms with E-state index >= 15 is 0 Å². The first-order valence-corrected chi connectivity index (χ1v) is 9.24. The Bertz CT molecular complexity index is 936. The summed E-state index contributed by atoms with van der Waals surface area (Å²) >= 11 is 0. The van der Waals surface area contributed by atoms with Gasteiger partial charge in [-0.1, -0.05) is 36.4 Å². The van der Waals surface area contributed by atoms with Crippen LogP contribution in [0.4, 0.5) is 4.39 Å². The van der Waals surface area contributed by atoms with Gasteiger partial charge >= 0.3 is 5.97 Å². The zero-order chi connectivity index (χ0) is 19.5. The average Bonchev–Trinajstić information content (AvgIpc) is 3.56. The van der Waals surface area contributed by atoms with Crippen molar-refractivity contribution in [3.63, 3.8) is 0 Å². The first kappa shape index (κ1) is 18.2. The number of benzene rings is 2. The number of para-hydroxylation sites is 1. The van der Waals surface area contributed by atoms with Gasteiger partial charge in [0.05, 0.1) is 5.57 Å². The summed E-state index contributed by atoms with van der Waals surface area (Å²) in [6, 6.07) is 13.8. The summed E-state index contributed by atoms with van der Waals surface area (Å²) in [5.74, 6) is -0.539. The van der Waals surface area contributed by atoms with Crippen molar-refractivity contribution >= 4 is 18.0 Å². The Hall–Kier alpha value is -3.15. The molecule has 1 aliphatic carbocycles. The molecule has 1 fully saturated rings. The molecule has 28 heavy (non-hydrogen) atoms. The molecule has 0 aromatic heterocycles. The van der Waals surface area contributed by atoms with Gasteiger partial charge in [0.1, 0.15) is 18.2 Å². The van der Waals surface area contributed by atoms with Crippen LogP contribution in [-0.4, -0.2) is 36.0 Å². The molecule has 0 bridgehead atoms. The minimum Gasteiger partial charge on any atom is -0.488 e. The van der Waals surface area contributed by atoms with Crippen LogP contribution in [0.2, 0.25) is 0 Å². The lowest BCUT2D eigenvalue weighted by molar-refractivity contribution is -0.149. The lowest BCUT2D eigenvalue weighted by atomic mass is 10.1. The predicted molar refractivity (Wildman–Crippen MR) is 101 cm³/mol. The minimum absolute atomic E-state index is 0.0786. The van der Waals surface area contributed by atoms with Gasteiger partial charge in [-0.2, -0.15) is 0 Å². The number of rotatable bonds is 6. The van der Waals surface area contributed by atoms with Gasteiger partial charge in [0.25, 0.3) is 5.91 Å². The van der Waals surface area contributed by atoms with Crippen molar-refractivity contribution in [3.8, 4) is 5.75 Å². The molecule has 0 N–H and O–H groups in total. The summed E-state index contributed by atoms with van der Waals surface area (Å²) in [6.07, 6.45) is 3.47. The number of nitrogens with zero attached hydrogens (tertiary/aromatic N) is 1. The predicted octanol–water partition coefficient (Wildman–Crippen LogP) is 3.34. The number of carbonyl (C=O) groups excluding carboxylic acids is 2. The number of fused-ring (bicyclic) bond motifs is 1. The van der Waals surface area contributed by atoms with Gasteiger partial charge in [-0.3, -0.25) is 4.79 Å². The molecule has 0 unspecified atom stereocenters. The van der Waals surface area contributed by atoms with Crippen molar-refractivity contribution in [3.05, 3.63) is 71.0 Å². The molecule has 1 heterocycles. The first-order valence-electron chi connectivity index (χ1n) is 9.24. The summed E-state index contributed by atoms with van der Waals surface area (Å²) < 4.78 is 24.7. The number of ether oxygens (including phenoxy) is 2. The van der Waals surface area contributed by atoms with E-state index in [9.17, 15) is 14.0 Å². The van der Waals surface area contributed by atoms with Gasteiger partial charge in [0, 0.05) is 23.7 Å². The van der Waals surface area contributed by atoms with Crippen LogP contribution in [0.3, 0.4) is 0 Å². The Kier molecular flexibility index (Phi) is 5.10. The second-order valence-corrected chi connectivity index (χ2v) is 6.92. The van der Waals surface area contributed by atoms with Crippen LogP contribution in [0.25, 0.3) is 6.08 Å². The van der Waals surface area contributed by atoms with Crippen LogP contribution in [0.5, 0.6) is 5.75 Å². The Labute approximate surface area is 162 Å². The average molecular weight is 381 g/mol. The molecule has 1 amide bonds. The van der Waals surface area contributed by atoms with Crippen molar-refractivity contribution < 1.29 is 23.5 Å². The molecule has 2 aromatic carbocycles. The Balaban J connectivity index is 1.38. The fraction of sp³-hybridized carbons (Fsp3) is 0.273. The fourth-order valence-electron chi connectivity index (χ4n) is 3.15. The lowest BCUT2D eigenvalue weighted by Gasteiger charge is -2.23. The third kappa shape index (κ3) is 4.06. The number of amides is 1. The van der Waals surface area contributed by atoms with Gasteiger partial charge in [0.15, 0.2) is 6.61 Å². The second kappa shape index (κ2) is 7.84. The molecular weight excluding hydrogens is 361 g/mol. The van der Waals surface area contributed by atoms with E-state index in [2.05, 4.69) is 0 Å². The summed E-state index contributed by atoms with van der Waals surface area (Å²) in [6.45, 7) is -0.0959. The monoisotopic (exact) mass is 381 g/mol. The molecule has 1 saturated carbocycles. The highest BCUT2D eigenvalue weighted by Gasteiger charge is 2.33. The summed E-state index contributed by atoms with van der Waals surface area (Å²) in [5, 5.41) is 0. The van der Waals surface area contributed by atoms with Gasteiger partial charge < -0.3 is 14.4 Å². The number of halogens is 1. The van der Waals surface area contributed by atoms with Gasteiger partial charge in [-0.15, -0.1) is 0 Å². The highest BCUT2D eigenvalue weighted by Crippen LogP contribution is 2.29. The van der Waals surface area contributed by atoms with Crippen LogP contribution in [0, 0.1) is 5.82 Å². The van der Waals surface area contributed by atoms with E-state index in [-0.39, 0.29) is 37.5 Å². The maximum Gasteiger partial charge on any atom is 0.338 e. The molecule has 144 valence electrons. The van der Waals surface area contributed by atoms with Crippen molar-refractivity contribution in [2.24, 2.45) is 0 Å². The van der Waals surface area contributed by atoms with Crippen LogP contribution >= 0.6 is 0 Å². The third-order valence-electron chi connectivity index (χ3n) is 4.83. The van der Waals surface area contributed by atoms with Crippen molar-refractivity contribution in [1.82, 2.24) is 4.90 Å². The van der Waals surface area contributed by atoms with Crippen molar-refractivity contribution in [2.75, 3.05) is 13.2 Å². The summed E-state index contributed by atoms with van der Waals surface area (Å²) in [4.78, 5) is 26.5. The molecule has 0 saturated heterocycles. The fourth-order valence-corrected chi connectivity index (χ4v) is 3.15. The summed E-state index contributed by atoms with van der Waals surface area (Å²) in [5.41, 5.74) is 1.61. The highest BCUT2D eigenvalue weighted by molar-refractivity contribution is 5.96. The second-order valence-electron chi connectivity index (χ2n) is 6.92. The highest BCUT2D eigenvalue weighted by atomic mass is 19.1. The van der Waals surface area contributed by atoms with Crippen LogP contribution < -0.4 is 4.74 Å². The molecule has 2 aliphatic rings. The smallest absolute Gasteiger partial charge is 0.338 e. The molecule has 1 aliphatic heterocycles. The lowest BCUT2D eigenvalue weighted by Crippen LogP contribution is -2.36. The zero-order valence-electron chi connectivity index (χ0n) is 15.3. The number of esters is 1. The van der Waals surface area contributed by atoms with Gasteiger partial charge in [0.2, 0.25) is 0 Å². The van der Waals surface area contributed by atoms with Crippen LogP contribution in [-0.2, 0) is 20.9 Å². The van der Waals surface area contributed by atoms with E-state index in [0.29, 0.717) is 16.9 Å². The maximum absolute atomic E-state index is 13.9. The molecule has 0 radical (unpaired) electrons. The largest absolute Gasteiger partial charge is 0.488 e. The van der Waals surface area contributed by atoms with E-state index in [1.807, 2.05) is 24.3 Å². The minimum atomic E-state index is -0.579. The summed E-state index contributed by atoms with van der Waals surface area (Å²) in [7, 11) is 0. The number of carbonyl (C=O) groups is 2. The molecule has 0 spiro atoms. The number of hydrogen-bond acceptors (Lipinski definition) is 4. The van der Waals surface area contributed by atoms with E-state index in [4.69, 9.17) is 9.47 Å². The molecule has 4 rings (SSSR count). The third-order valence-corrected chi connectivity index (χ3v) is 4.83. The Morgan fingerprint density at radius 1 is 1.11 bits per heavy atom. The van der Waals surface area contributed by atoms with Crippen LogP contribution in [0.1, 0.15) is 24.0 Å². The molecular formula is C22H20FNO4. The van der Waals surface area contributed by atoms with E-state index in [0.717, 1.165) is 18.4 Å². The zero-order valence-corrected chi connectivity index (χ0v) is 15.3. The van der Waals surface area contributed by atoms with Crippen molar-refractivity contribution in [1.29, 1.82) is 0 Å². The standard InChI is InChI=1S/C22H20FNO4/c23-19-7-3-1-6-16(19)12-24(18-9-10-18)21(25)14-28-22(26)17-11-15-5-2-4-8-20(15)27-13-17/h1-8,11,18H,9-10,12-14H2. The van der Waals surface area contributed by atoms with E-state index in [1.54, 1.807) is 29.2 Å². The van der Waals surface area contributed by atoms with Gasteiger partial charge in [-0.25, -0.2) is 9.18 Å². The van der Waals surface area contributed by atoms with Crippen LogP contribution in [0.15, 0.2) is 54.1 Å². The Morgan fingerprint density at radius 2 is 1.86 bits per heavy atom. The van der Waals surface area contributed by atoms with E-state index < -0.39 is 5.97 Å². The quantitative estimate of drug-likeness (QED) is 0.721. The molecule has 2 aromatic rings. The maximum atomic E-state index is 13.9. The van der Waals surface area contributed by atoms with Gasteiger partial charge in [-0.05, 0) is 31.1 Å².